The maximum atomic E-state index is 12.3. The topological polar surface area (TPSA) is 94.8 Å². The van der Waals surface area contributed by atoms with E-state index in [4.69, 9.17) is 4.74 Å². The number of pyridine rings is 1. The highest BCUT2D eigenvalue weighted by molar-refractivity contribution is 5.94. The summed E-state index contributed by atoms with van der Waals surface area (Å²) in [6.07, 6.45) is 4.84. The van der Waals surface area contributed by atoms with Crippen LogP contribution in [0.2, 0.25) is 0 Å². The summed E-state index contributed by atoms with van der Waals surface area (Å²) >= 11 is 0. The van der Waals surface area contributed by atoms with Crippen molar-refractivity contribution in [1.82, 2.24) is 24.7 Å². The number of nitrogens with zero attached hydrogens (tertiary/aromatic N) is 5. The Hall–Kier alpha value is -3.29. The summed E-state index contributed by atoms with van der Waals surface area (Å²) in [5.41, 5.74) is 4.17. The lowest BCUT2D eigenvalue weighted by Crippen LogP contribution is -2.13. The number of hydrogen-bond acceptors (Lipinski definition) is 7. The predicted molar refractivity (Wildman–Crippen MR) is 101 cm³/mol. The summed E-state index contributed by atoms with van der Waals surface area (Å²) in [6, 6.07) is 3.64. The Morgan fingerprint density at radius 2 is 2.00 bits per heavy atom. The van der Waals surface area contributed by atoms with Crippen molar-refractivity contribution in [2.75, 3.05) is 11.9 Å². The number of nitrogens with one attached hydrogen (secondary N) is 1. The molecule has 0 spiro atoms. The molecule has 0 aromatic carbocycles. The van der Waals surface area contributed by atoms with Gasteiger partial charge in [-0.1, -0.05) is 0 Å². The van der Waals surface area contributed by atoms with Gasteiger partial charge >= 0.3 is 5.97 Å². The molecule has 0 radical (unpaired) electrons. The highest BCUT2D eigenvalue weighted by Gasteiger charge is 2.18. The summed E-state index contributed by atoms with van der Waals surface area (Å²) in [5, 5.41) is 7.67. The van der Waals surface area contributed by atoms with Crippen LogP contribution in [0.4, 0.5) is 5.82 Å². The molecule has 140 valence electrons. The Bertz CT molecular complexity index is 952. The van der Waals surface area contributed by atoms with Crippen molar-refractivity contribution >= 4 is 11.8 Å². The fraction of sp³-hybridized carbons (Fsp3) is 0.316. The third kappa shape index (κ3) is 3.94. The third-order valence-electron chi connectivity index (χ3n) is 4.31. The van der Waals surface area contributed by atoms with Crippen LogP contribution in [0.15, 0.2) is 30.7 Å². The first-order valence-corrected chi connectivity index (χ1v) is 8.68. The van der Waals surface area contributed by atoms with E-state index in [0.29, 0.717) is 23.8 Å². The maximum Gasteiger partial charge on any atom is 0.343 e. The van der Waals surface area contributed by atoms with E-state index in [1.54, 1.807) is 19.3 Å². The fourth-order valence-corrected chi connectivity index (χ4v) is 2.76. The van der Waals surface area contributed by atoms with Crippen LogP contribution in [0.25, 0.3) is 11.4 Å². The normalized spacial score (nSPS) is 10.7. The second-order valence-corrected chi connectivity index (χ2v) is 6.04. The zero-order valence-electron chi connectivity index (χ0n) is 15.9. The molecule has 0 saturated heterocycles. The van der Waals surface area contributed by atoms with Gasteiger partial charge in [-0.3, -0.25) is 9.67 Å². The van der Waals surface area contributed by atoms with Crippen LogP contribution in [0.1, 0.15) is 34.2 Å². The number of rotatable bonds is 6. The number of carbonyl (C=O) groups excluding carboxylic acids is 1. The van der Waals surface area contributed by atoms with Gasteiger partial charge in [0.05, 0.1) is 12.3 Å². The molecule has 8 heteroatoms. The summed E-state index contributed by atoms with van der Waals surface area (Å²) in [5.74, 6) is 0.478. The molecule has 0 bridgehead atoms. The second-order valence-electron chi connectivity index (χ2n) is 6.04. The lowest BCUT2D eigenvalue weighted by Gasteiger charge is -2.12. The number of ether oxygens (including phenoxy) is 1. The van der Waals surface area contributed by atoms with E-state index in [9.17, 15) is 4.79 Å². The number of hydrogen-bond donors (Lipinski definition) is 1. The van der Waals surface area contributed by atoms with E-state index in [-0.39, 0.29) is 6.61 Å². The monoisotopic (exact) mass is 366 g/mol. The minimum Gasteiger partial charge on any atom is -0.462 e. The van der Waals surface area contributed by atoms with Gasteiger partial charge in [-0.25, -0.2) is 14.8 Å². The fourth-order valence-electron chi connectivity index (χ4n) is 2.76. The van der Waals surface area contributed by atoms with Gasteiger partial charge in [0, 0.05) is 49.0 Å². The Morgan fingerprint density at radius 1 is 1.26 bits per heavy atom. The molecule has 1 N–H and O–H groups in total. The Balaban J connectivity index is 1.95. The first kappa shape index (κ1) is 18.5. The van der Waals surface area contributed by atoms with Crippen LogP contribution < -0.4 is 5.32 Å². The molecule has 0 aliphatic rings. The van der Waals surface area contributed by atoms with E-state index in [0.717, 1.165) is 22.5 Å². The predicted octanol–water partition coefficient (Wildman–Crippen LogP) is 2.68. The van der Waals surface area contributed by atoms with Gasteiger partial charge in [-0.15, -0.1) is 0 Å². The largest absolute Gasteiger partial charge is 0.462 e. The van der Waals surface area contributed by atoms with Crippen molar-refractivity contribution in [3.05, 3.63) is 53.2 Å². The zero-order valence-corrected chi connectivity index (χ0v) is 15.9. The van der Waals surface area contributed by atoms with Crippen molar-refractivity contribution in [2.24, 2.45) is 7.05 Å². The molecular formula is C19H22N6O2. The van der Waals surface area contributed by atoms with Crippen LogP contribution in [0.5, 0.6) is 0 Å². The zero-order chi connectivity index (χ0) is 19.4. The standard InChI is InChI=1S/C19H22N6O2/c1-5-27-19(26)16-11-21-17(14-6-8-20-9-7-14)23-18(16)22-10-15-12(2)24-25(4)13(15)3/h6-9,11H,5,10H2,1-4H3,(H,21,22,23). The average Bonchev–Trinajstić information content (AvgIpc) is 2.92. The molecule has 8 nitrogen and oxygen atoms in total. The van der Waals surface area contributed by atoms with Gasteiger partial charge in [0.25, 0.3) is 0 Å². The summed E-state index contributed by atoms with van der Waals surface area (Å²) < 4.78 is 6.97. The van der Waals surface area contributed by atoms with Gasteiger partial charge in [-0.05, 0) is 32.9 Å². The number of anilines is 1. The highest BCUT2D eigenvalue weighted by atomic mass is 16.5. The van der Waals surface area contributed by atoms with Crippen LogP contribution in [0, 0.1) is 13.8 Å². The Kier molecular flexibility index (Phi) is 5.44. The van der Waals surface area contributed by atoms with Crippen LogP contribution in [-0.2, 0) is 18.3 Å². The average molecular weight is 366 g/mol. The van der Waals surface area contributed by atoms with Gasteiger partial charge in [0.2, 0.25) is 0 Å². The molecule has 0 fully saturated rings. The molecule has 0 atom stereocenters. The van der Waals surface area contributed by atoms with E-state index in [1.807, 2.05) is 37.7 Å². The van der Waals surface area contributed by atoms with Crippen molar-refractivity contribution < 1.29 is 9.53 Å². The molecule has 27 heavy (non-hydrogen) atoms. The molecular weight excluding hydrogens is 344 g/mol. The molecule has 0 unspecified atom stereocenters. The first-order valence-electron chi connectivity index (χ1n) is 8.68. The van der Waals surface area contributed by atoms with Crippen molar-refractivity contribution in [3.63, 3.8) is 0 Å². The molecule has 3 aromatic heterocycles. The van der Waals surface area contributed by atoms with Crippen molar-refractivity contribution in [1.29, 1.82) is 0 Å². The SMILES string of the molecule is CCOC(=O)c1cnc(-c2ccncc2)nc1NCc1c(C)nn(C)c1C. The highest BCUT2D eigenvalue weighted by Crippen LogP contribution is 2.21. The van der Waals surface area contributed by atoms with Gasteiger partial charge in [-0.2, -0.15) is 5.10 Å². The molecule has 0 aliphatic carbocycles. The molecule has 0 saturated carbocycles. The van der Waals surface area contributed by atoms with E-state index in [1.165, 1.54) is 6.20 Å². The molecule has 0 amide bonds. The lowest BCUT2D eigenvalue weighted by atomic mass is 10.2. The molecule has 3 rings (SSSR count). The minimum absolute atomic E-state index is 0.283. The number of carbonyl (C=O) groups is 1. The van der Waals surface area contributed by atoms with Gasteiger partial charge in [0.1, 0.15) is 11.4 Å². The Labute approximate surface area is 157 Å². The van der Waals surface area contributed by atoms with Gasteiger partial charge in [0.15, 0.2) is 5.82 Å². The number of aryl methyl sites for hydroxylation is 2. The summed E-state index contributed by atoms with van der Waals surface area (Å²) in [6.45, 7) is 6.50. The van der Waals surface area contributed by atoms with Gasteiger partial charge < -0.3 is 10.1 Å². The minimum atomic E-state index is -0.457. The van der Waals surface area contributed by atoms with Crippen molar-refractivity contribution in [3.8, 4) is 11.4 Å². The molecule has 3 heterocycles. The molecule has 0 aliphatic heterocycles. The van der Waals surface area contributed by atoms with Crippen LogP contribution in [0.3, 0.4) is 0 Å². The van der Waals surface area contributed by atoms with E-state index < -0.39 is 5.97 Å². The lowest BCUT2D eigenvalue weighted by molar-refractivity contribution is 0.0526. The van der Waals surface area contributed by atoms with Crippen LogP contribution in [-0.4, -0.2) is 37.3 Å². The quantitative estimate of drug-likeness (QED) is 0.670. The van der Waals surface area contributed by atoms with E-state index in [2.05, 4.69) is 25.4 Å². The summed E-state index contributed by atoms with van der Waals surface area (Å²) in [7, 11) is 1.90. The summed E-state index contributed by atoms with van der Waals surface area (Å²) in [4.78, 5) is 25.2. The third-order valence-corrected chi connectivity index (χ3v) is 4.31. The number of aromatic nitrogens is 5. The smallest absolute Gasteiger partial charge is 0.343 e. The van der Waals surface area contributed by atoms with E-state index >= 15 is 0 Å². The van der Waals surface area contributed by atoms with Crippen LogP contribution >= 0.6 is 0 Å². The number of esters is 1. The molecule has 3 aromatic rings. The van der Waals surface area contributed by atoms with Crippen molar-refractivity contribution in [2.45, 2.75) is 27.3 Å². The Morgan fingerprint density at radius 3 is 2.63 bits per heavy atom. The second kappa shape index (κ2) is 7.94. The maximum absolute atomic E-state index is 12.3. The first-order chi connectivity index (χ1) is 13.0.